The van der Waals surface area contributed by atoms with Crippen molar-refractivity contribution in [1.29, 1.82) is 0 Å². The largest absolute Gasteiger partial charge is 1.00 e. The molecule has 4 rings (SSSR count). The second-order valence-corrected chi connectivity index (χ2v) is 18.0. The van der Waals surface area contributed by atoms with Crippen molar-refractivity contribution in [3.8, 4) is 0 Å². The van der Waals surface area contributed by atoms with Crippen molar-refractivity contribution < 1.29 is 48.0 Å². The molecule has 1 atom stereocenters. The fourth-order valence-corrected chi connectivity index (χ4v) is 18.1. The first-order valence-corrected chi connectivity index (χ1v) is 16.4. The van der Waals surface area contributed by atoms with Crippen LogP contribution in [0.1, 0.15) is 77.5 Å². The van der Waals surface area contributed by atoms with E-state index in [1.54, 1.807) is 46.0 Å². The fourth-order valence-electron chi connectivity index (χ4n) is 5.92. The molecule has 3 aliphatic rings. The monoisotopic (exact) mass is 536 g/mol. The molecule has 1 aromatic carbocycles. The Bertz CT molecular complexity index is 890. The summed E-state index contributed by atoms with van der Waals surface area (Å²) < 4.78 is 3.78. The number of rotatable bonds is 6. The van der Waals surface area contributed by atoms with Gasteiger partial charge in [-0.3, -0.25) is 0 Å². The van der Waals surface area contributed by atoms with Gasteiger partial charge in [-0.1, -0.05) is 0 Å². The Morgan fingerprint density at radius 3 is 2.23 bits per heavy atom. The molecule has 0 saturated carbocycles. The predicted octanol–water partition coefficient (Wildman–Crippen LogP) is 2.06. The minimum Gasteiger partial charge on any atom is -1.00 e. The zero-order valence-corrected chi connectivity index (χ0v) is 24.4. The molecule has 162 valence electrons. The normalized spacial score (nSPS) is 23.1. The van der Waals surface area contributed by atoms with Crippen LogP contribution < -0.4 is 24.8 Å². The second kappa shape index (κ2) is 9.94. The van der Waals surface area contributed by atoms with Gasteiger partial charge < -0.3 is 24.8 Å². The summed E-state index contributed by atoms with van der Waals surface area (Å²) in [5.74, 6) is 0. The van der Waals surface area contributed by atoms with Crippen LogP contribution >= 0.6 is 0 Å². The van der Waals surface area contributed by atoms with Crippen LogP contribution in [0.15, 0.2) is 47.5 Å². The smallest absolute Gasteiger partial charge is 1.00 e. The van der Waals surface area contributed by atoms with E-state index >= 15 is 0 Å². The third-order valence-corrected chi connectivity index (χ3v) is 19.7. The molecule has 1 aliphatic heterocycles. The molecule has 0 aromatic heterocycles. The molecule has 1 unspecified atom stereocenters. The summed E-state index contributed by atoms with van der Waals surface area (Å²) in [4.78, 5) is 0. The molecule has 4 heteroatoms. The summed E-state index contributed by atoms with van der Waals surface area (Å²) in [5, 5.41) is 0. The first-order chi connectivity index (χ1) is 13.3. The van der Waals surface area contributed by atoms with Gasteiger partial charge in [0, 0.05) is 0 Å². The van der Waals surface area contributed by atoms with Crippen LogP contribution in [0.2, 0.25) is 18.1 Å². The van der Waals surface area contributed by atoms with Gasteiger partial charge in [-0.15, -0.1) is 0 Å². The van der Waals surface area contributed by atoms with E-state index in [0.717, 1.165) is 5.54 Å². The number of allylic oxidation sites excluding steroid dienone is 5. The minimum absolute atomic E-state index is 0. The van der Waals surface area contributed by atoms with Gasteiger partial charge in [-0.2, -0.15) is 0 Å². The van der Waals surface area contributed by atoms with E-state index in [1.807, 2.05) is 6.56 Å². The van der Waals surface area contributed by atoms with E-state index in [2.05, 4.69) is 71.9 Å². The molecule has 2 aliphatic carbocycles. The molecule has 0 amide bonds. The maximum atomic E-state index is 2.67. The van der Waals surface area contributed by atoms with Gasteiger partial charge in [0.15, 0.2) is 0 Å². The quantitative estimate of drug-likeness (QED) is 0.487. The van der Waals surface area contributed by atoms with E-state index in [0.29, 0.717) is 0 Å². The maximum absolute atomic E-state index is 2.67. The molecule has 0 N–H and O–H groups in total. The van der Waals surface area contributed by atoms with Crippen LogP contribution in [-0.4, -0.2) is 8.07 Å². The van der Waals surface area contributed by atoms with Crippen LogP contribution in [0.25, 0.3) is 6.08 Å². The summed E-state index contributed by atoms with van der Waals surface area (Å²) in [7, 11) is -1.18. The summed E-state index contributed by atoms with van der Waals surface area (Å²) in [6.45, 7) is 14.5. The number of unbranched alkanes of at least 4 members (excludes halogenated alkanes) is 1. The predicted molar refractivity (Wildman–Crippen MR) is 122 cm³/mol. The fraction of sp³-hybridized carbons (Fsp3) is 0.538. The average Bonchev–Trinajstić information content (AvgIpc) is 3.07. The molecule has 0 radical (unpaired) electrons. The topological polar surface area (TPSA) is 0 Å². The molecule has 1 saturated heterocycles. The molecule has 0 bridgehead atoms. The van der Waals surface area contributed by atoms with Crippen molar-refractivity contribution in [3.63, 3.8) is 0 Å². The summed E-state index contributed by atoms with van der Waals surface area (Å²) in [6.07, 6.45) is 6.99. The Morgan fingerprint density at radius 1 is 1.03 bits per heavy atom. The summed E-state index contributed by atoms with van der Waals surface area (Å²) in [5.41, 5.74) is 9.27. The van der Waals surface area contributed by atoms with E-state index < -0.39 is 31.3 Å². The summed E-state index contributed by atoms with van der Waals surface area (Å²) >= 11 is -0.764. The van der Waals surface area contributed by atoms with Crippen LogP contribution in [0.5, 0.6) is 0 Å². The van der Waals surface area contributed by atoms with Gasteiger partial charge in [-0.25, -0.2) is 0 Å². The number of benzene rings is 1. The number of hydrogen-bond donors (Lipinski definition) is 0. The Kier molecular flexibility index (Phi) is 8.74. The van der Waals surface area contributed by atoms with E-state index in [4.69, 9.17) is 0 Å². The zero-order chi connectivity index (χ0) is 20.1. The molecule has 1 heterocycles. The Hall–Kier alpha value is 0.120. The third-order valence-electron chi connectivity index (χ3n) is 8.25. The van der Waals surface area contributed by atoms with E-state index in [1.165, 1.54) is 19.3 Å². The van der Waals surface area contributed by atoms with Crippen LogP contribution in [0.4, 0.5) is 0 Å². The van der Waals surface area contributed by atoms with E-state index in [-0.39, 0.29) is 30.2 Å². The molecule has 0 nitrogen and oxygen atoms in total. The van der Waals surface area contributed by atoms with Gasteiger partial charge in [0.25, 0.3) is 0 Å². The Morgan fingerprint density at radius 2 is 1.70 bits per heavy atom. The van der Waals surface area contributed by atoms with Crippen molar-refractivity contribution in [2.45, 2.75) is 84.5 Å². The summed E-state index contributed by atoms with van der Waals surface area (Å²) in [6, 6.07) is 14.2. The standard InChI is InChI=1S/C16H21Si.C10H15.2ClH.Zr/c1-2-3-11-17(12-6-13-17)16-10-9-14-7-4-5-8-15(14)16;1-7-6-10(4,5)9(3)8(7)2;;;/h4-5,7-9,16H,2-3,6,11-13H2,1H3;1-5H3;2*1H;/q;;;;+2/p-2. The molecule has 0 spiro atoms. The first kappa shape index (κ1) is 26.4. The van der Waals surface area contributed by atoms with Crippen LogP contribution in [0.3, 0.4) is 0 Å². The SMILES string of the molecule is CCCC[Si]1(C2[C]([Zr+2][C]3=C(C)C(C)=C(C)C3(C)C)=Cc3ccccc32)CCC1.[Cl-].[Cl-]. The van der Waals surface area contributed by atoms with Crippen molar-refractivity contribution in [3.05, 3.63) is 58.7 Å². The van der Waals surface area contributed by atoms with Gasteiger partial charge >= 0.3 is 186 Å². The molecular weight excluding hydrogens is 503 g/mol. The van der Waals surface area contributed by atoms with Crippen LogP contribution in [-0.2, 0) is 23.2 Å². The molecule has 1 aromatic rings. The van der Waals surface area contributed by atoms with Crippen molar-refractivity contribution >= 4 is 14.1 Å². The molecular formula is C26H36Cl2SiZr. The van der Waals surface area contributed by atoms with Gasteiger partial charge in [0.1, 0.15) is 0 Å². The van der Waals surface area contributed by atoms with Crippen LogP contribution in [0, 0.1) is 5.41 Å². The van der Waals surface area contributed by atoms with Gasteiger partial charge in [0.2, 0.25) is 0 Å². The maximum Gasteiger partial charge on any atom is -1.00 e. The second-order valence-electron chi connectivity index (χ2n) is 9.98. The van der Waals surface area contributed by atoms with Gasteiger partial charge in [-0.05, 0) is 0 Å². The number of halogens is 2. The number of fused-ring (bicyclic) bond motifs is 1. The average molecular weight is 539 g/mol. The van der Waals surface area contributed by atoms with Gasteiger partial charge in [0.05, 0.1) is 0 Å². The van der Waals surface area contributed by atoms with E-state index in [9.17, 15) is 0 Å². The minimum atomic E-state index is -1.18. The van der Waals surface area contributed by atoms with Crippen molar-refractivity contribution in [2.24, 2.45) is 5.41 Å². The zero-order valence-electron chi connectivity index (χ0n) is 19.5. The molecule has 30 heavy (non-hydrogen) atoms. The number of hydrogen-bond acceptors (Lipinski definition) is 0. The Labute approximate surface area is 209 Å². The third kappa shape index (κ3) is 4.21. The van der Waals surface area contributed by atoms with Crippen molar-refractivity contribution in [1.82, 2.24) is 0 Å². The first-order valence-electron chi connectivity index (χ1n) is 11.3. The Balaban J connectivity index is 0.00000160. The molecule has 1 fully saturated rings. The van der Waals surface area contributed by atoms with Crippen molar-refractivity contribution in [2.75, 3.05) is 0 Å².